The van der Waals surface area contributed by atoms with Gasteiger partial charge in [0.25, 0.3) is 17.7 Å². The van der Waals surface area contributed by atoms with Crippen molar-refractivity contribution in [2.75, 3.05) is 7.11 Å². The van der Waals surface area contributed by atoms with E-state index in [0.717, 1.165) is 10.5 Å². The van der Waals surface area contributed by atoms with Crippen LogP contribution in [-0.2, 0) is 17.9 Å². The van der Waals surface area contributed by atoms with Gasteiger partial charge in [-0.2, -0.15) is 16.3 Å². The molecule has 0 saturated heterocycles. The smallest absolute Gasteiger partial charge is 0.342 e. The van der Waals surface area contributed by atoms with Gasteiger partial charge in [-0.25, -0.2) is 4.79 Å². The second-order valence-corrected chi connectivity index (χ2v) is 8.16. The van der Waals surface area contributed by atoms with Gasteiger partial charge in [0.05, 0.1) is 24.8 Å². The summed E-state index contributed by atoms with van der Waals surface area (Å²) in [4.78, 5) is 43.5. The summed E-state index contributed by atoms with van der Waals surface area (Å²) in [6, 6.07) is 13.3. The van der Waals surface area contributed by atoms with E-state index in [9.17, 15) is 14.4 Å². The largest absolute Gasteiger partial charge is 0.496 e. The molecule has 1 aliphatic rings. The van der Waals surface area contributed by atoms with Gasteiger partial charge < -0.3 is 14.0 Å². The van der Waals surface area contributed by atoms with Crippen molar-refractivity contribution in [3.05, 3.63) is 87.4 Å². The van der Waals surface area contributed by atoms with E-state index in [2.05, 4.69) is 10.1 Å². The lowest BCUT2D eigenvalue weighted by Crippen LogP contribution is -2.29. The maximum atomic E-state index is 12.8. The number of rotatable bonds is 7. The number of thiophene rings is 1. The van der Waals surface area contributed by atoms with Crippen LogP contribution in [0.4, 0.5) is 0 Å². The lowest BCUT2D eigenvalue weighted by atomic mass is 10.1. The number of carbonyl (C=O) groups is 3. The molecule has 0 aliphatic carbocycles. The summed E-state index contributed by atoms with van der Waals surface area (Å²) in [6.07, 6.45) is 0. The second-order valence-electron chi connectivity index (χ2n) is 7.38. The van der Waals surface area contributed by atoms with E-state index in [1.54, 1.807) is 36.4 Å². The molecule has 5 rings (SSSR count). The summed E-state index contributed by atoms with van der Waals surface area (Å²) < 4.78 is 15.8. The third kappa shape index (κ3) is 3.95. The molecule has 34 heavy (non-hydrogen) atoms. The normalized spacial score (nSPS) is 12.7. The van der Waals surface area contributed by atoms with E-state index in [0.29, 0.717) is 28.3 Å². The molecule has 2 aromatic heterocycles. The van der Waals surface area contributed by atoms with Crippen LogP contribution in [0.2, 0.25) is 0 Å². The van der Waals surface area contributed by atoms with Gasteiger partial charge in [0, 0.05) is 10.9 Å². The van der Waals surface area contributed by atoms with Crippen LogP contribution >= 0.6 is 11.3 Å². The Morgan fingerprint density at radius 1 is 1.09 bits per heavy atom. The number of ether oxygens (including phenoxy) is 2. The summed E-state index contributed by atoms with van der Waals surface area (Å²) in [5.41, 5.74) is 2.26. The second kappa shape index (κ2) is 8.91. The highest BCUT2D eigenvalue weighted by Gasteiger charge is 2.35. The molecular weight excluding hydrogens is 458 g/mol. The van der Waals surface area contributed by atoms with Gasteiger partial charge in [0.2, 0.25) is 5.82 Å². The van der Waals surface area contributed by atoms with Crippen molar-refractivity contribution in [1.82, 2.24) is 15.0 Å². The van der Waals surface area contributed by atoms with Gasteiger partial charge in [0.1, 0.15) is 11.3 Å². The van der Waals surface area contributed by atoms with Crippen LogP contribution in [0, 0.1) is 0 Å². The Kier molecular flexibility index (Phi) is 5.64. The van der Waals surface area contributed by atoms with Gasteiger partial charge in [-0.3, -0.25) is 14.5 Å². The van der Waals surface area contributed by atoms with Crippen molar-refractivity contribution < 1.29 is 28.4 Å². The molecule has 2 aromatic carbocycles. The first-order valence-corrected chi connectivity index (χ1v) is 11.1. The lowest BCUT2D eigenvalue weighted by molar-refractivity contribution is 0.0426. The van der Waals surface area contributed by atoms with E-state index in [4.69, 9.17) is 14.0 Å². The van der Waals surface area contributed by atoms with Crippen LogP contribution in [0.1, 0.15) is 42.5 Å². The number of fused-ring (bicyclic) bond motifs is 1. The molecule has 4 aromatic rings. The number of methoxy groups -OCH3 is 1. The van der Waals surface area contributed by atoms with Crippen molar-refractivity contribution in [2.45, 2.75) is 13.2 Å². The zero-order valence-corrected chi connectivity index (χ0v) is 18.7. The molecule has 0 saturated carbocycles. The van der Waals surface area contributed by atoms with Gasteiger partial charge in [-0.05, 0) is 41.3 Å². The van der Waals surface area contributed by atoms with E-state index in [1.807, 2.05) is 16.8 Å². The molecule has 0 atom stereocenters. The highest BCUT2D eigenvalue weighted by Crippen LogP contribution is 2.27. The van der Waals surface area contributed by atoms with E-state index in [1.165, 1.54) is 24.5 Å². The molecule has 2 amide bonds. The maximum absolute atomic E-state index is 12.8. The van der Waals surface area contributed by atoms with E-state index >= 15 is 0 Å². The van der Waals surface area contributed by atoms with Gasteiger partial charge in [0.15, 0.2) is 6.61 Å². The van der Waals surface area contributed by atoms with Gasteiger partial charge >= 0.3 is 5.97 Å². The van der Waals surface area contributed by atoms with Gasteiger partial charge in [-0.1, -0.05) is 23.4 Å². The number of hydrogen-bond acceptors (Lipinski definition) is 9. The number of aromatic nitrogens is 2. The Bertz CT molecular complexity index is 1360. The van der Waals surface area contributed by atoms with Crippen molar-refractivity contribution in [3.63, 3.8) is 0 Å². The number of nitrogens with zero attached hydrogens (tertiary/aromatic N) is 3. The number of imide groups is 1. The Balaban J connectivity index is 1.31. The fourth-order valence-electron chi connectivity index (χ4n) is 3.61. The predicted molar refractivity (Wildman–Crippen MR) is 120 cm³/mol. The maximum Gasteiger partial charge on any atom is 0.342 e. The average Bonchev–Trinajstić information content (AvgIpc) is 3.61. The van der Waals surface area contributed by atoms with Gasteiger partial charge in [-0.15, -0.1) is 0 Å². The Labute approximate surface area is 197 Å². The summed E-state index contributed by atoms with van der Waals surface area (Å²) in [5.74, 6) is -0.572. The third-order valence-electron chi connectivity index (χ3n) is 5.28. The first-order valence-electron chi connectivity index (χ1n) is 10.2. The molecule has 0 fully saturated rings. The van der Waals surface area contributed by atoms with E-state index in [-0.39, 0.29) is 36.4 Å². The van der Waals surface area contributed by atoms with Crippen LogP contribution in [-0.4, -0.2) is 39.9 Å². The molecule has 3 heterocycles. The molecule has 9 nitrogen and oxygen atoms in total. The monoisotopic (exact) mass is 475 g/mol. The first-order chi connectivity index (χ1) is 16.5. The molecule has 1 aliphatic heterocycles. The fraction of sp³-hybridized carbons (Fsp3) is 0.125. The topological polar surface area (TPSA) is 112 Å². The molecule has 0 radical (unpaired) electrons. The molecule has 170 valence electrons. The van der Waals surface area contributed by atoms with Crippen LogP contribution in [0.25, 0.3) is 11.4 Å². The highest BCUT2D eigenvalue weighted by molar-refractivity contribution is 7.08. The van der Waals surface area contributed by atoms with Crippen LogP contribution in [0.15, 0.2) is 63.8 Å². The van der Waals surface area contributed by atoms with Crippen molar-refractivity contribution in [1.29, 1.82) is 0 Å². The Morgan fingerprint density at radius 2 is 1.85 bits per heavy atom. The van der Waals surface area contributed by atoms with Crippen molar-refractivity contribution in [2.24, 2.45) is 0 Å². The number of hydrogen-bond donors (Lipinski definition) is 0. The van der Waals surface area contributed by atoms with Crippen LogP contribution in [0.3, 0.4) is 0 Å². The zero-order valence-electron chi connectivity index (χ0n) is 17.9. The molecule has 10 heteroatoms. The molecule has 0 spiro atoms. The zero-order chi connectivity index (χ0) is 23.7. The standard InChI is InChI=1S/C24H17N3O6S/c1-31-19-7-6-14(11-27-22(28)16-4-2-3-5-17(16)23(27)29)10-18(19)24(30)32-12-20-25-21(26-33-20)15-8-9-34-13-15/h2-10,13H,11-12H2,1H3. The van der Waals surface area contributed by atoms with Crippen LogP contribution < -0.4 is 4.74 Å². The summed E-state index contributed by atoms with van der Waals surface area (Å²) in [7, 11) is 1.43. The summed E-state index contributed by atoms with van der Waals surface area (Å²) in [6.45, 7) is -0.216. The Hall–Kier alpha value is -4.31. The predicted octanol–water partition coefficient (Wildman–Crippen LogP) is 3.96. The Morgan fingerprint density at radius 3 is 2.53 bits per heavy atom. The summed E-state index contributed by atoms with van der Waals surface area (Å²) >= 11 is 1.51. The quantitative estimate of drug-likeness (QED) is 0.292. The highest BCUT2D eigenvalue weighted by atomic mass is 32.1. The van der Waals surface area contributed by atoms with E-state index < -0.39 is 5.97 Å². The fourth-order valence-corrected chi connectivity index (χ4v) is 4.24. The van der Waals surface area contributed by atoms with Crippen molar-refractivity contribution >= 4 is 29.1 Å². The average molecular weight is 475 g/mol. The lowest BCUT2D eigenvalue weighted by Gasteiger charge is -2.15. The number of amides is 2. The van der Waals surface area contributed by atoms with Crippen molar-refractivity contribution in [3.8, 4) is 17.1 Å². The molecular formula is C24H17N3O6S. The summed E-state index contributed by atoms with van der Waals surface area (Å²) in [5, 5.41) is 7.66. The SMILES string of the molecule is COc1ccc(CN2C(=O)c3ccccc3C2=O)cc1C(=O)OCc1nc(-c2ccsc2)no1. The first kappa shape index (κ1) is 21.5. The molecule has 0 unspecified atom stereocenters. The number of esters is 1. The molecule has 0 N–H and O–H groups in total. The minimum Gasteiger partial charge on any atom is -0.496 e. The molecule has 0 bridgehead atoms. The third-order valence-corrected chi connectivity index (χ3v) is 5.96. The number of benzene rings is 2. The van der Waals surface area contributed by atoms with Crippen LogP contribution in [0.5, 0.6) is 5.75 Å². The minimum absolute atomic E-state index is 0.00425. The number of carbonyl (C=O) groups excluding carboxylic acids is 3. The minimum atomic E-state index is -0.670.